The van der Waals surface area contributed by atoms with Crippen LogP contribution in [0.25, 0.3) is 0 Å². The molecule has 8 nitrogen and oxygen atoms in total. The smallest absolute Gasteiger partial charge is 0.268 e. The molecule has 9 heteroatoms. The number of aliphatic hydroxyl groups excluding tert-OH is 1. The molecule has 0 aromatic rings. The molecule has 0 aromatic carbocycles. The van der Waals surface area contributed by atoms with Crippen LogP contribution in [0.5, 0.6) is 0 Å². The second-order valence-corrected chi connectivity index (χ2v) is 23.4. The molecule has 1 amide bonds. The van der Waals surface area contributed by atoms with E-state index in [0.29, 0.717) is 17.4 Å². The Hall–Kier alpha value is -3.36. The quantitative estimate of drug-likeness (QED) is 0.0272. The molecular weight excluding hydrogens is 984 g/mol. The number of carbonyl (C=O) groups excluding carboxylic acids is 1. The van der Waals surface area contributed by atoms with E-state index in [-0.39, 0.29) is 12.5 Å². The summed E-state index contributed by atoms with van der Waals surface area (Å²) < 4.78 is 23.3. The molecule has 0 bridgehead atoms. The number of aliphatic hydroxyl groups is 1. The molecule has 0 aliphatic heterocycles. The van der Waals surface area contributed by atoms with Gasteiger partial charge in [-0.3, -0.25) is 9.36 Å². The van der Waals surface area contributed by atoms with Crippen molar-refractivity contribution in [2.24, 2.45) is 0 Å². The molecule has 0 aliphatic carbocycles. The van der Waals surface area contributed by atoms with Crippen molar-refractivity contribution >= 4 is 13.7 Å². The first-order chi connectivity index (χ1) is 38.0. The molecule has 2 N–H and O–H groups in total. The SMILES string of the molecule is CC/C=C\C/C=C\C/C=C\C/C=C\C/C=C\C/C=C\C/C=C\C/C=C\CCCCCCCCCCCCCCC(=O)NC(COP(=O)([O-])OCC[N+](C)(C)C)C(O)/C=C/CC/C=C/CC/C=C/CCCCCCCCCCC. The summed E-state index contributed by atoms with van der Waals surface area (Å²) in [5.74, 6) is -0.218. The monoisotopic (exact) mass is 1100 g/mol. The molecule has 0 aromatic heterocycles. The fourth-order valence-electron chi connectivity index (χ4n) is 8.44. The zero-order chi connectivity index (χ0) is 57.0. The first-order valence-corrected chi connectivity index (χ1v) is 33.0. The third kappa shape index (κ3) is 60.3. The van der Waals surface area contributed by atoms with Gasteiger partial charge in [-0.15, -0.1) is 0 Å². The first kappa shape index (κ1) is 74.6. The van der Waals surface area contributed by atoms with Crippen molar-refractivity contribution in [3.05, 3.63) is 134 Å². The Labute approximate surface area is 481 Å². The van der Waals surface area contributed by atoms with Crippen molar-refractivity contribution in [2.75, 3.05) is 40.9 Å². The maximum Gasteiger partial charge on any atom is 0.268 e. The van der Waals surface area contributed by atoms with Crippen LogP contribution in [0.1, 0.15) is 245 Å². The molecule has 0 spiro atoms. The van der Waals surface area contributed by atoms with Crippen molar-refractivity contribution in [1.82, 2.24) is 5.32 Å². The molecule has 446 valence electrons. The van der Waals surface area contributed by atoms with E-state index in [2.05, 4.69) is 141 Å². The summed E-state index contributed by atoms with van der Waals surface area (Å²) in [7, 11) is 1.22. The van der Waals surface area contributed by atoms with Gasteiger partial charge in [-0.05, 0) is 109 Å². The third-order valence-electron chi connectivity index (χ3n) is 13.3. The number of quaternary nitrogens is 1. The summed E-state index contributed by atoms with van der Waals surface area (Å²) in [6.07, 6.45) is 88.3. The van der Waals surface area contributed by atoms with E-state index < -0.39 is 26.6 Å². The highest BCUT2D eigenvalue weighted by atomic mass is 31.2. The fourth-order valence-corrected chi connectivity index (χ4v) is 9.16. The van der Waals surface area contributed by atoms with E-state index in [4.69, 9.17) is 9.05 Å². The lowest BCUT2D eigenvalue weighted by Gasteiger charge is -2.29. The number of carbonyl (C=O) groups is 1. The van der Waals surface area contributed by atoms with Gasteiger partial charge in [0.25, 0.3) is 7.82 Å². The van der Waals surface area contributed by atoms with E-state index >= 15 is 0 Å². The summed E-state index contributed by atoms with van der Waals surface area (Å²) in [6.45, 7) is 4.50. The van der Waals surface area contributed by atoms with Gasteiger partial charge in [0.05, 0.1) is 39.9 Å². The highest BCUT2D eigenvalue weighted by molar-refractivity contribution is 7.45. The van der Waals surface area contributed by atoms with Crippen molar-refractivity contribution in [1.29, 1.82) is 0 Å². The number of amides is 1. The van der Waals surface area contributed by atoms with Gasteiger partial charge in [0.15, 0.2) is 0 Å². The topological polar surface area (TPSA) is 108 Å². The molecule has 3 atom stereocenters. The number of hydrogen-bond acceptors (Lipinski definition) is 6. The highest BCUT2D eigenvalue weighted by Crippen LogP contribution is 2.38. The number of phosphoric ester groups is 1. The van der Waals surface area contributed by atoms with Gasteiger partial charge in [0, 0.05) is 6.42 Å². The zero-order valence-corrected chi connectivity index (χ0v) is 51.7. The second-order valence-electron chi connectivity index (χ2n) is 22.0. The molecule has 0 fully saturated rings. The summed E-state index contributed by atoms with van der Waals surface area (Å²) in [6, 6.07) is -0.920. The van der Waals surface area contributed by atoms with Crippen LogP contribution in [0.15, 0.2) is 134 Å². The number of hydrogen-bond donors (Lipinski definition) is 2. The Morgan fingerprint density at radius 2 is 0.795 bits per heavy atom. The van der Waals surface area contributed by atoms with Gasteiger partial charge in [-0.1, -0.05) is 263 Å². The Morgan fingerprint density at radius 1 is 0.462 bits per heavy atom. The van der Waals surface area contributed by atoms with Gasteiger partial charge in [-0.25, -0.2) is 0 Å². The van der Waals surface area contributed by atoms with Crippen LogP contribution < -0.4 is 10.2 Å². The highest BCUT2D eigenvalue weighted by Gasteiger charge is 2.23. The fraction of sp³-hybridized carbons (Fsp3) is 0.667. The number of phosphoric acid groups is 1. The molecule has 3 unspecified atom stereocenters. The maximum absolute atomic E-state index is 13.0. The third-order valence-corrected chi connectivity index (χ3v) is 14.3. The lowest BCUT2D eigenvalue weighted by atomic mass is 10.0. The largest absolute Gasteiger partial charge is 0.756 e. The van der Waals surface area contributed by atoms with Gasteiger partial charge in [0.2, 0.25) is 5.91 Å². The van der Waals surface area contributed by atoms with Crippen LogP contribution in [0.3, 0.4) is 0 Å². The Bertz CT molecular complexity index is 1730. The lowest BCUT2D eigenvalue weighted by molar-refractivity contribution is -0.870. The van der Waals surface area contributed by atoms with Crippen molar-refractivity contribution < 1.29 is 32.9 Å². The number of likely N-dealkylation sites (N-methyl/N-ethyl adjacent to an activating group) is 1. The predicted molar refractivity (Wildman–Crippen MR) is 338 cm³/mol. The van der Waals surface area contributed by atoms with Crippen LogP contribution >= 0.6 is 7.82 Å². The van der Waals surface area contributed by atoms with E-state index in [1.165, 1.54) is 128 Å². The van der Waals surface area contributed by atoms with E-state index in [0.717, 1.165) is 96.3 Å². The van der Waals surface area contributed by atoms with Crippen molar-refractivity contribution in [2.45, 2.75) is 257 Å². The molecular formula is C69H119N2O6P. The van der Waals surface area contributed by atoms with Crippen LogP contribution in [-0.4, -0.2) is 68.5 Å². The first-order valence-electron chi connectivity index (χ1n) is 31.5. The standard InChI is InChI=1S/C69H119N2O6P/c1-6-8-10-12-14-16-18-20-22-24-26-27-28-29-30-31-32-33-34-35-36-37-38-39-40-41-42-43-45-47-49-51-53-55-57-59-61-63-69(73)70-67(66-77-78(74,75)76-65-64-71(3,4)5)68(72)62-60-58-56-54-52-50-48-46-44-25-23-21-19-17-15-13-11-9-7-2/h8,10,14,16,20,22,26-27,29-30,32-33,35-36,38-39,44,46,52,54,60,62,67-68,72H,6-7,9,11-13,15,17-19,21,23-25,28,31,34,37,40-43,45,47-51,53,55-59,61,63-66H2,1-5H3,(H-,70,73,74,75)/b10-8-,16-14-,22-20-,27-26-,30-29-,33-32-,36-35-,39-38-,46-44+,54-52+,62-60+. The minimum atomic E-state index is -4.62. The van der Waals surface area contributed by atoms with Gasteiger partial charge in [-0.2, -0.15) is 0 Å². The van der Waals surface area contributed by atoms with Crippen LogP contribution in [-0.2, 0) is 18.4 Å². The Morgan fingerprint density at radius 3 is 1.19 bits per heavy atom. The van der Waals surface area contributed by atoms with Crippen LogP contribution in [0, 0.1) is 0 Å². The molecule has 0 radical (unpaired) electrons. The molecule has 0 rings (SSSR count). The average molecular weight is 1100 g/mol. The Kier molecular flexibility index (Phi) is 55.8. The number of rotatable bonds is 56. The number of nitrogens with one attached hydrogen (secondary N) is 1. The summed E-state index contributed by atoms with van der Waals surface area (Å²) in [5, 5.41) is 13.9. The molecule has 0 saturated heterocycles. The number of allylic oxidation sites excluding steroid dienone is 21. The number of unbranched alkanes of at least 4 members (excludes halogenated alkanes) is 23. The van der Waals surface area contributed by atoms with E-state index in [9.17, 15) is 19.4 Å². The predicted octanol–water partition coefficient (Wildman–Crippen LogP) is 19.2. The average Bonchev–Trinajstić information content (AvgIpc) is 3.41. The van der Waals surface area contributed by atoms with Crippen LogP contribution in [0.2, 0.25) is 0 Å². The summed E-state index contributed by atoms with van der Waals surface area (Å²) >= 11 is 0. The van der Waals surface area contributed by atoms with Gasteiger partial charge in [0.1, 0.15) is 13.2 Å². The van der Waals surface area contributed by atoms with Crippen molar-refractivity contribution in [3.63, 3.8) is 0 Å². The molecule has 0 heterocycles. The summed E-state index contributed by atoms with van der Waals surface area (Å²) in [4.78, 5) is 25.5. The molecule has 78 heavy (non-hydrogen) atoms. The normalized spacial score (nSPS) is 14.7. The summed E-state index contributed by atoms with van der Waals surface area (Å²) in [5.41, 5.74) is 0. The van der Waals surface area contributed by atoms with Crippen molar-refractivity contribution in [3.8, 4) is 0 Å². The lowest BCUT2D eigenvalue weighted by Crippen LogP contribution is -2.45. The molecule has 0 saturated carbocycles. The van der Waals surface area contributed by atoms with E-state index in [1.807, 2.05) is 27.2 Å². The zero-order valence-electron chi connectivity index (χ0n) is 50.8. The number of nitrogens with zero attached hydrogens (tertiary/aromatic N) is 1. The van der Waals surface area contributed by atoms with E-state index in [1.54, 1.807) is 6.08 Å². The second kappa shape index (κ2) is 58.3. The van der Waals surface area contributed by atoms with Gasteiger partial charge >= 0.3 is 0 Å². The minimum absolute atomic E-state index is 0.0151. The van der Waals surface area contributed by atoms with Gasteiger partial charge < -0.3 is 28.8 Å². The van der Waals surface area contributed by atoms with Crippen LogP contribution in [0.4, 0.5) is 0 Å². The maximum atomic E-state index is 13.0. The Balaban J connectivity index is 4.17. The molecule has 0 aliphatic rings. The minimum Gasteiger partial charge on any atom is -0.756 e.